The Kier molecular flexibility index (Phi) is 5.98. The first-order valence-corrected chi connectivity index (χ1v) is 8.29. The lowest BCUT2D eigenvalue weighted by Gasteiger charge is -2.08. The third-order valence-electron chi connectivity index (χ3n) is 3.66. The Hall–Kier alpha value is -4.01. The molecule has 1 heterocycles. The van der Waals surface area contributed by atoms with E-state index < -0.39 is 36.0 Å². The molecule has 2 N–H and O–H groups in total. The molecule has 2 amide bonds. The van der Waals surface area contributed by atoms with Gasteiger partial charge in [0.25, 0.3) is 11.8 Å². The molecule has 0 aliphatic rings. The minimum Gasteiger partial charge on any atom is -0.459 e. The van der Waals surface area contributed by atoms with Gasteiger partial charge in [-0.05, 0) is 48.5 Å². The van der Waals surface area contributed by atoms with E-state index in [0.29, 0.717) is 5.69 Å². The number of hydrogen-bond acceptors (Lipinski definition) is 5. The number of nitrogens with one attached hydrogen (secondary N) is 2. The molecular weight excluding hydrogens is 386 g/mol. The van der Waals surface area contributed by atoms with Crippen molar-refractivity contribution in [1.82, 2.24) is 0 Å². The zero-order valence-electron chi connectivity index (χ0n) is 14.8. The standard InChI is InChI=1S/C20H14F2N2O5/c21-15-8-7-14(10-16(15)22)23-18(25)11-29-20(27)12-3-5-13(6-4-12)24-19(26)17-2-1-9-28-17/h1-10H,11H2,(H,23,25)(H,24,26). The summed E-state index contributed by atoms with van der Waals surface area (Å²) in [5.74, 6) is -3.95. The summed E-state index contributed by atoms with van der Waals surface area (Å²) in [6.45, 7) is -0.616. The maximum absolute atomic E-state index is 13.1. The second kappa shape index (κ2) is 8.79. The van der Waals surface area contributed by atoms with Crippen LogP contribution in [0.2, 0.25) is 0 Å². The maximum atomic E-state index is 13.1. The monoisotopic (exact) mass is 400 g/mol. The van der Waals surface area contributed by atoms with Gasteiger partial charge in [0.15, 0.2) is 24.0 Å². The molecule has 1 aromatic heterocycles. The predicted molar refractivity (Wildman–Crippen MR) is 98.4 cm³/mol. The van der Waals surface area contributed by atoms with Gasteiger partial charge in [-0.3, -0.25) is 9.59 Å². The lowest BCUT2D eigenvalue weighted by atomic mass is 10.2. The molecule has 9 heteroatoms. The number of carbonyl (C=O) groups excluding carboxylic acids is 3. The van der Waals surface area contributed by atoms with Crippen molar-refractivity contribution in [3.63, 3.8) is 0 Å². The number of esters is 1. The van der Waals surface area contributed by atoms with E-state index in [0.717, 1.165) is 12.1 Å². The Morgan fingerprint density at radius 1 is 0.897 bits per heavy atom. The number of rotatable bonds is 6. The quantitative estimate of drug-likeness (QED) is 0.616. The van der Waals surface area contributed by atoms with Gasteiger partial charge in [-0.25, -0.2) is 13.6 Å². The van der Waals surface area contributed by atoms with E-state index in [1.807, 2.05) is 0 Å². The molecular formula is C20H14F2N2O5. The average molecular weight is 400 g/mol. The normalized spacial score (nSPS) is 10.3. The van der Waals surface area contributed by atoms with Crippen LogP contribution in [0, 0.1) is 11.6 Å². The Labute approximate surface area is 163 Å². The van der Waals surface area contributed by atoms with Gasteiger partial charge in [0.05, 0.1) is 11.8 Å². The predicted octanol–water partition coefficient (Wildman–Crippen LogP) is 3.61. The molecule has 0 aliphatic heterocycles. The van der Waals surface area contributed by atoms with E-state index >= 15 is 0 Å². The number of hydrogen-bond donors (Lipinski definition) is 2. The molecule has 0 spiro atoms. The molecule has 7 nitrogen and oxygen atoms in total. The molecule has 0 saturated carbocycles. The lowest BCUT2D eigenvalue weighted by molar-refractivity contribution is -0.119. The number of benzene rings is 2. The van der Waals surface area contributed by atoms with Crippen molar-refractivity contribution in [2.24, 2.45) is 0 Å². The van der Waals surface area contributed by atoms with E-state index in [1.165, 1.54) is 42.7 Å². The fourth-order valence-corrected chi connectivity index (χ4v) is 2.28. The number of amides is 2. The van der Waals surface area contributed by atoms with Crippen molar-refractivity contribution in [2.75, 3.05) is 17.2 Å². The Morgan fingerprint density at radius 2 is 1.62 bits per heavy atom. The summed E-state index contributed by atoms with van der Waals surface area (Å²) in [6, 6.07) is 11.7. The SMILES string of the molecule is O=C(COC(=O)c1ccc(NC(=O)c2ccco2)cc1)Nc1ccc(F)c(F)c1. The largest absolute Gasteiger partial charge is 0.459 e. The zero-order valence-corrected chi connectivity index (χ0v) is 14.8. The summed E-state index contributed by atoms with van der Waals surface area (Å²) in [4.78, 5) is 35.7. The summed E-state index contributed by atoms with van der Waals surface area (Å²) in [7, 11) is 0. The van der Waals surface area contributed by atoms with Crippen molar-refractivity contribution >= 4 is 29.2 Å². The van der Waals surface area contributed by atoms with E-state index in [9.17, 15) is 23.2 Å². The highest BCUT2D eigenvalue weighted by Crippen LogP contribution is 2.14. The van der Waals surface area contributed by atoms with Crippen LogP contribution in [0.3, 0.4) is 0 Å². The van der Waals surface area contributed by atoms with Crippen LogP contribution in [-0.2, 0) is 9.53 Å². The van der Waals surface area contributed by atoms with E-state index in [-0.39, 0.29) is 17.0 Å². The molecule has 0 radical (unpaired) electrons. The van der Waals surface area contributed by atoms with Crippen molar-refractivity contribution in [3.05, 3.63) is 83.8 Å². The van der Waals surface area contributed by atoms with E-state index in [1.54, 1.807) is 6.07 Å². The van der Waals surface area contributed by atoms with Gasteiger partial charge in [0.1, 0.15) is 0 Å². The Bertz CT molecular complexity index is 1030. The summed E-state index contributed by atoms with van der Waals surface area (Å²) < 4.78 is 35.8. The molecule has 0 atom stereocenters. The van der Waals surface area contributed by atoms with Gasteiger partial charge in [-0.2, -0.15) is 0 Å². The number of carbonyl (C=O) groups is 3. The summed E-state index contributed by atoms with van der Waals surface area (Å²) in [5.41, 5.74) is 0.613. The smallest absolute Gasteiger partial charge is 0.338 e. The second-order valence-electron chi connectivity index (χ2n) is 5.76. The molecule has 2 aromatic carbocycles. The Balaban J connectivity index is 1.50. The first-order chi connectivity index (χ1) is 13.9. The van der Waals surface area contributed by atoms with Crippen molar-refractivity contribution < 1.29 is 32.3 Å². The third kappa shape index (κ3) is 5.25. The van der Waals surface area contributed by atoms with Gasteiger partial charge in [0, 0.05) is 17.4 Å². The number of anilines is 2. The minimum absolute atomic E-state index is 0.0293. The van der Waals surface area contributed by atoms with Crippen LogP contribution in [0.15, 0.2) is 65.3 Å². The lowest BCUT2D eigenvalue weighted by Crippen LogP contribution is -2.21. The highest BCUT2D eigenvalue weighted by Gasteiger charge is 2.13. The molecule has 29 heavy (non-hydrogen) atoms. The highest BCUT2D eigenvalue weighted by atomic mass is 19.2. The van der Waals surface area contributed by atoms with Gasteiger partial charge >= 0.3 is 5.97 Å². The number of ether oxygens (including phenoxy) is 1. The summed E-state index contributed by atoms with van der Waals surface area (Å²) in [5, 5.41) is 4.87. The minimum atomic E-state index is -1.11. The topological polar surface area (TPSA) is 97.6 Å². The molecule has 0 fully saturated rings. The summed E-state index contributed by atoms with van der Waals surface area (Å²) in [6.07, 6.45) is 1.37. The van der Waals surface area contributed by atoms with E-state index in [2.05, 4.69) is 10.6 Å². The highest BCUT2D eigenvalue weighted by molar-refractivity contribution is 6.02. The van der Waals surface area contributed by atoms with Gasteiger partial charge in [-0.15, -0.1) is 0 Å². The number of furan rings is 1. The van der Waals surface area contributed by atoms with Crippen molar-refractivity contribution in [3.8, 4) is 0 Å². The molecule has 0 aliphatic carbocycles. The maximum Gasteiger partial charge on any atom is 0.338 e. The van der Waals surface area contributed by atoms with Crippen LogP contribution in [0.25, 0.3) is 0 Å². The molecule has 3 aromatic rings. The van der Waals surface area contributed by atoms with Crippen LogP contribution < -0.4 is 10.6 Å². The zero-order chi connectivity index (χ0) is 20.8. The van der Waals surface area contributed by atoms with Crippen molar-refractivity contribution in [2.45, 2.75) is 0 Å². The average Bonchev–Trinajstić information content (AvgIpc) is 3.24. The molecule has 0 saturated heterocycles. The molecule has 0 unspecified atom stereocenters. The second-order valence-corrected chi connectivity index (χ2v) is 5.76. The number of halogens is 2. The first kappa shape index (κ1) is 19.7. The fourth-order valence-electron chi connectivity index (χ4n) is 2.28. The van der Waals surface area contributed by atoms with Crippen LogP contribution >= 0.6 is 0 Å². The molecule has 3 rings (SSSR count). The molecule has 148 valence electrons. The first-order valence-electron chi connectivity index (χ1n) is 8.29. The van der Waals surface area contributed by atoms with Crippen molar-refractivity contribution in [1.29, 1.82) is 0 Å². The van der Waals surface area contributed by atoms with E-state index in [4.69, 9.17) is 9.15 Å². The van der Waals surface area contributed by atoms with Gasteiger partial charge in [0.2, 0.25) is 0 Å². The fraction of sp³-hybridized carbons (Fsp3) is 0.0500. The van der Waals surface area contributed by atoms with Crippen LogP contribution in [0.1, 0.15) is 20.9 Å². The van der Waals surface area contributed by atoms with Crippen LogP contribution in [-0.4, -0.2) is 24.4 Å². The third-order valence-corrected chi connectivity index (χ3v) is 3.66. The van der Waals surface area contributed by atoms with Crippen LogP contribution in [0.5, 0.6) is 0 Å². The summed E-state index contributed by atoms with van der Waals surface area (Å²) >= 11 is 0. The molecule has 0 bridgehead atoms. The Morgan fingerprint density at radius 3 is 2.28 bits per heavy atom. The van der Waals surface area contributed by atoms with Gasteiger partial charge < -0.3 is 19.8 Å². The van der Waals surface area contributed by atoms with Gasteiger partial charge in [-0.1, -0.05) is 0 Å². The van der Waals surface area contributed by atoms with Crippen LogP contribution in [0.4, 0.5) is 20.2 Å².